The highest BCUT2D eigenvalue weighted by Crippen LogP contribution is 2.17. The Morgan fingerprint density at radius 3 is 2.71 bits per heavy atom. The number of hydrogen-bond donors (Lipinski definition) is 1. The zero-order valence-corrected chi connectivity index (χ0v) is 11.3. The highest BCUT2D eigenvalue weighted by molar-refractivity contribution is 5.78. The van der Waals surface area contributed by atoms with Gasteiger partial charge in [-0.1, -0.05) is 13.3 Å². The molecule has 0 aromatic rings. The molecule has 4 nitrogen and oxygen atoms in total. The molecule has 1 fully saturated rings. The molecule has 0 bridgehead atoms. The summed E-state index contributed by atoms with van der Waals surface area (Å²) in [7, 11) is 1.89. The first-order valence-electron chi connectivity index (χ1n) is 6.62. The van der Waals surface area contributed by atoms with Crippen LogP contribution in [0.2, 0.25) is 0 Å². The Morgan fingerprint density at radius 1 is 1.47 bits per heavy atom. The van der Waals surface area contributed by atoms with Gasteiger partial charge in [0.2, 0.25) is 5.91 Å². The van der Waals surface area contributed by atoms with E-state index in [2.05, 4.69) is 0 Å². The van der Waals surface area contributed by atoms with Gasteiger partial charge in [0.15, 0.2) is 0 Å². The van der Waals surface area contributed by atoms with Gasteiger partial charge in [0, 0.05) is 25.6 Å². The Balaban J connectivity index is 2.29. The number of ether oxygens (including phenoxy) is 1. The molecule has 1 aliphatic rings. The quantitative estimate of drug-likeness (QED) is 0.765. The van der Waals surface area contributed by atoms with Crippen LogP contribution in [0.25, 0.3) is 0 Å². The molecular weight excluding hydrogens is 216 g/mol. The van der Waals surface area contributed by atoms with Crippen molar-refractivity contribution < 1.29 is 9.53 Å². The molecule has 0 saturated carbocycles. The smallest absolute Gasteiger partial charge is 0.225 e. The average Bonchev–Trinajstić information content (AvgIpc) is 2.79. The van der Waals surface area contributed by atoms with Crippen LogP contribution in [-0.4, -0.2) is 43.2 Å². The molecule has 4 heteroatoms. The first kappa shape index (κ1) is 14.5. The summed E-state index contributed by atoms with van der Waals surface area (Å²) in [5.74, 6) is 0.338. The van der Waals surface area contributed by atoms with E-state index >= 15 is 0 Å². The Bertz CT molecular complexity index is 238. The Labute approximate surface area is 104 Å². The van der Waals surface area contributed by atoms with Gasteiger partial charge in [-0.3, -0.25) is 4.79 Å². The second-order valence-electron chi connectivity index (χ2n) is 5.28. The molecule has 0 aliphatic carbocycles. The van der Waals surface area contributed by atoms with Gasteiger partial charge in [-0.25, -0.2) is 0 Å². The normalized spacial score (nSPS) is 23.4. The minimum Gasteiger partial charge on any atom is -0.379 e. The fourth-order valence-corrected chi connectivity index (χ4v) is 2.22. The van der Waals surface area contributed by atoms with Crippen LogP contribution in [0, 0.1) is 5.92 Å². The lowest BCUT2D eigenvalue weighted by Crippen LogP contribution is -2.40. The van der Waals surface area contributed by atoms with Crippen LogP contribution in [0.4, 0.5) is 0 Å². The van der Waals surface area contributed by atoms with Crippen LogP contribution < -0.4 is 5.73 Å². The molecule has 0 aromatic heterocycles. The number of rotatable bonds is 6. The van der Waals surface area contributed by atoms with Crippen LogP contribution in [0.5, 0.6) is 0 Å². The van der Waals surface area contributed by atoms with Crippen molar-refractivity contribution in [3.8, 4) is 0 Å². The first-order valence-corrected chi connectivity index (χ1v) is 6.62. The van der Waals surface area contributed by atoms with Crippen molar-refractivity contribution in [1.29, 1.82) is 0 Å². The van der Waals surface area contributed by atoms with Crippen molar-refractivity contribution in [2.75, 3.05) is 20.3 Å². The third kappa shape index (κ3) is 4.64. The lowest BCUT2D eigenvalue weighted by Gasteiger charge is -2.26. The van der Waals surface area contributed by atoms with Gasteiger partial charge in [0.25, 0.3) is 0 Å². The van der Waals surface area contributed by atoms with E-state index in [0.29, 0.717) is 6.61 Å². The van der Waals surface area contributed by atoms with Crippen LogP contribution in [0.15, 0.2) is 0 Å². The maximum atomic E-state index is 12.1. The van der Waals surface area contributed by atoms with E-state index in [-0.39, 0.29) is 23.9 Å². The van der Waals surface area contributed by atoms with Crippen LogP contribution >= 0.6 is 0 Å². The zero-order chi connectivity index (χ0) is 12.8. The Morgan fingerprint density at radius 2 is 2.18 bits per heavy atom. The highest BCUT2D eigenvalue weighted by atomic mass is 16.5. The van der Waals surface area contributed by atoms with Gasteiger partial charge in [0.05, 0.1) is 12.6 Å². The third-order valence-corrected chi connectivity index (χ3v) is 3.52. The molecule has 1 amide bonds. The van der Waals surface area contributed by atoms with Crippen molar-refractivity contribution in [3.63, 3.8) is 0 Å². The molecule has 0 aromatic carbocycles. The third-order valence-electron chi connectivity index (χ3n) is 3.52. The van der Waals surface area contributed by atoms with Crippen LogP contribution in [-0.2, 0) is 9.53 Å². The number of nitrogens with two attached hydrogens (primary N) is 1. The summed E-state index contributed by atoms with van der Waals surface area (Å²) in [5.41, 5.74) is 5.70. The van der Waals surface area contributed by atoms with Crippen LogP contribution in [0.3, 0.4) is 0 Å². The van der Waals surface area contributed by atoms with Gasteiger partial charge < -0.3 is 15.4 Å². The number of amides is 1. The molecule has 1 aliphatic heterocycles. The minimum atomic E-state index is 0.0966. The lowest BCUT2D eigenvalue weighted by atomic mass is 10.00. The average molecular weight is 242 g/mol. The van der Waals surface area contributed by atoms with Gasteiger partial charge in [0.1, 0.15) is 0 Å². The summed E-state index contributed by atoms with van der Waals surface area (Å²) in [4.78, 5) is 14.0. The predicted molar refractivity (Wildman–Crippen MR) is 68.7 cm³/mol. The van der Waals surface area contributed by atoms with Crippen LogP contribution in [0.1, 0.15) is 39.5 Å². The van der Waals surface area contributed by atoms with Crippen molar-refractivity contribution in [3.05, 3.63) is 0 Å². The molecular formula is C13H26N2O2. The van der Waals surface area contributed by atoms with Crippen molar-refractivity contribution in [2.45, 2.75) is 51.6 Å². The molecule has 0 spiro atoms. The van der Waals surface area contributed by atoms with Gasteiger partial charge >= 0.3 is 0 Å². The van der Waals surface area contributed by atoms with Crippen molar-refractivity contribution >= 4 is 5.91 Å². The largest absolute Gasteiger partial charge is 0.379 e. The molecule has 3 atom stereocenters. The maximum absolute atomic E-state index is 12.1. The molecule has 1 rings (SSSR count). The predicted octanol–water partition coefficient (Wildman–Crippen LogP) is 1.39. The molecule has 0 radical (unpaired) electrons. The molecule has 2 N–H and O–H groups in total. The monoisotopic (exact) mass is 242 g/mol. The van der Waals surface area contributed by atoms with Crippen molar-refractivity contribution in [1.82, 2.24) is 4.90 Å². The van der Waals surface area contributed by atoms with E-state index in [4.69, 9.17) is 10.5 Å². The maximum Gasteiger partial charge on any atom is 0.225 e. The summed E-state index contributed by atoms with van der Waals surface area (Å²) in [6.07, 6.45) is 3.92. The summed E-state index contributed by atoms with van der Waals surface area (Å²) < 4.78 is 5.31. The molecule has 17 heavy (non-hydrogen) atoms. The van der Waals surface area contributed by atoms with E-state index in [1.54, 1.807) is 0 Å². The summed E-state index contributed by atoms with van der Waals surface area (Å²) in [5, 5.41) is 0. The number of nitrogens with zero attached hydrogens (tertiary/aromatic N) is 1. The zero-order valence-electron chi connectivity index (χ0n) is 11.3. The van der Waals surface area contributed by atoms with E-state index in [0.717, 1.165) is 32.3 Å². The second-order valence-corrected chi connectivity index (χ2v) is 5.28. The van der Waals surface area contributed by atoms with Crippen molar-refractivity contribution in [2.24, 2.45) is 11.7 Å². The highest BCUT2D eigenvalue weighted by Gasteiger charge is 2.26. The van der Waals surface area contributed by atoms with E-state index < -0.39 is 0 Å². The van der Waals surface area contributed by atoms with Gasteiger partial charge in [-0.05, 0) is 26.2 Å². The fraction of sp³-hybridized carbons (Fsp3) is 0.923. The summed E-state index contributed by atoms with van der Waals surface area (Å²) >= 11 is 0. The molecule has 1 saturated heterocycles. The molecule has 3 unspecified atom stereocenters. The standard InChI is InChI=1S/C13H26N2O2/c1-10(5-4-6-11(2)14)13(16)15(3)12-7-8-17-9-12/h10-12H,4-9,14H2,1-3H3. The van der Waals surface area contributed by atoms with E-state index in [1.165, 1.54) is 0 Å². The van der Waals surface area contributed by atoms with Gasteiger partial charge in [-0.2, -0.15) is 0 Å². The number of likely N-dealkylation sites (N-methyl/N-ethyl adjacent to an activating group) is 1. The SMILES string of the molecule is CC(N)CCCC(C)C(=O)N(C)C1CCOC1. The number of carbonyl (C=O) groups is 1. The molecule has 100 valence electrons. The lowest BCUT2D eigenvalue weighted by molar-refractivity contribution is -0.136. The topological polar surface area (TPSA) is 55.6 Å². The summed E-state index contributed by atoms with van der Waals surface area (Å²) in [6.45, 7) is 5.49. The molecule has 1 heterocycles. The number of carbonyl (C=O) groups excluding carboxylic acids is 1. The Hall–Kier alpha value is -0.610. The van der Waals surface area contributed by atoms with E-state index in [1.807, 2.05) is 25.8 Å². The van der Waals surface area contributed by atoms with E-state index in [9.17, 15) is 4.79 Å². The summed E-state index contributed by atoms with van der Waals surface area (Å²) in [6, 6.07) is 0.511. The second kappa shape index (κ2) is 6.97. The fourth-order valence-electron chi connectivity index (χ4n) is 2.22. The Kier molecular flexibility index (Phi) is 5.92. The first-order chi connectivity index (χ1) is 8.02. The number of hydrogen-bond acceptors (Lipinski definition) is 3. The van der Waals surface area contributed by atoms with Gasteiger partial charge in [-0.15, -0.1) is 0 Å². The minimum absolute atomic E-state index is 0.0966.